The van der Waals surface area contributed by atoms with E-state index >= 15 is 0 Å². The molecule has 1 N–H and O–H groups in total. The van der Waals surface area contributed by atoms with Crippen LogP contribution in [0.15, 0.2) is 0 Å². The second-order valence-electron chi connectivity index (χ2n) is 4.60. The van der Waals surface area contributed by atoms with E-state index in [9.17, 15) is 18.3 Å². The van der Waals surface area contributed by atoms with Gasteiger partial charge in [0.15, 0.2) is 6.10 Å². The Balaban J connectivity index is 3.13. The van der Waals surface area contributed by atoms with E-state index in [4.69, 9.17) is 0 Å². The molecule has 3 nitrogen and oxygen atoms in total. The first-order chi connectivity index (χ1) is 7.64. The fraction of sp³-hybridized carbons (Fsp3) is 0.727. The third kappa shape index (κ3) is 3.00. The van der Waals surface area contributed by atoms with Gasteiger partial charge in [-0.3, -0.25) is 4.68 Å². The third-order valence-electron chi connectivity index (χ3n) is 2.56. The molecule has 17 heavy (non-hydrogen) atoms. The summed E-state index contributed by atoms with van der Waals surface area (Å²) in [6.45, 7) is 7.48. The molecule has 98 valence electrons. The lowest BCUT2D eigenvalue weighted by Crippen LogP contribution is -2.21. The van der Waals surface area contributed by atoms with Crippen LogP contribution in [0.3, 0.4) is 0 Å². The molecule has 0 saturated heterocycles. The molecule has 0 aliphatic heterocycles. The van der Waals surface area contributed by atoms with Gasteiger partial charge in [0, 0.05) is 17.8 Å². The number of nitrogens with zero attached hydrogens (tertiary/aromatic N) is 2. The second-order valence-corrected chi connectivity index (χ2v) is 4.60. The van der Waals surface area contributed by atoms with Crippen molar-refractivity contribution in [3.8, 4) is 0 Å². The van der Waals surface area contributed by atoms with Crippen LogP contribution >= 0.6 is 0 Å². The maximum Gasteiger partial charge on any atom is 0.418 e. The third-order valence-corrected chi connectivity index (χ3v) is 2.56. The summed E-state index contributed by atoms with van der Waals surface area (Å²) in [6.07, 6.45) is -7.11. The number of aliphatic hydroxyl groups excluding tert-OH is 1. The van der Waals surface area contributed by atoms with E-state index in [1.807, 2.05) is 13.8 Å². The average molecular weight is 250 g/mol. The van der Waals surface area contributed by atoms with Crippen molar-refractivity contribution in [2.45, 2.75) is 46.5 Å². The summed E-state index contributed by atoms with van der Waals surface area (Å²) in [7, 11) is 0. The van der Waals surface area contributed by atoms with Crippen molar-refractivity contribution in [3.05, 3.63) is 17.0 Å². The van der Waals surface area contributed by atoms with Crippen LogP contribution in [-0.4, -0.2) is 21.1 Å². The molecule has 0 amide bonds. The van der Waals surface area contributed by atoms with Gasteiger partial charge in [-0.25, -0.2) is 0 Å². The van der Waals surface area contributed by atoms with Crippen molar-refractivity contribution >= 4 is 0 Å². The van der Waals surface area contributed by atoms with Crippen LogP contribution in [-0.2, 0) is 6.54 Å². The molecular weight excluding hydrogens is 233 g/mol. The van der Waals surface area contributed by atoms with Gasteiger partial charge in [0.25, 0.3) is 0 Å². The van der Waals surface area contributed by atoms with E-state index in [2.05, 4.69) is 5.10 Å². The molecule has 1 unspecified atom stereocenters. The van der Waals surface area contributed by atoms with Crippen molar-refractivity contribution in [3.63, 3.8) is 0 Å². The number of hydrogen-bond donors (Lipinski definition) is 1. The number of halogens is 3. The predicted octanol–water partition coefficient (Wildman–Crippen LogP) is 2.75. The van der Waals surface area contributed by atoms with Crippen LogP contribution in [0.5, 0.6) is 0 Å². The van der Waals surface area contributed by atoms with Gasteiger partial charge < -0.3 is 5.11 Å². The quantitative estimate of drug-likeness (QED) is 0.895. The highest BCUT2D eigenvalue weighted by molar-refractivity contribution is 5.28. The van der Waals surface area contributed by atoms with Crippen molar-refractivity contribution in [1.29, 1.82) is 0 Å². The molecule has 0 aliphatic carbocycles. The molecule has 1 rings (SSSR count). The fourth-order valence-electron chi connectivity index (χ4n) is 1.79. The normalized spacial score (nSPS) is 14.4. The summed E-state index contributed by atoms with van der Waals surface area (Å²) >= 11 is 0. The van der Waals surface area contributed by atoms with Crippen LogP contribution in [0.1, 0.15) is 36.9 Å². The van der Waals surface area contributed by atoms with Gasteiger partial charge in [0.2, 0.25) is 0 Å². The molecule has 1 atom stereocenters. The van der Waals surface area contributed by atoms with Gasteiger partial charge in [0.1, 0.15) is 0 Å². The number of aliphatic hydroxyl groups is 1. The Bertz CT molecular complexity index is 396. The molecule has 6 heteroatoms. The van der Waals surface area contributed by atoms with E-state index in [0.717, 1.165) is 0 Å². The molecule has 1 aromatic rings. The lowest BCUT2D eigenvalue weighted by Gasteiger charge is -2.15. The summed E-state index contributed by atoms with van der Waals surface area (Å²) in [5.41, 5.74) is 0.479. The van der Waals surface area contributed by atoms with E-state index < -0.39 is 12.3 Å². The first-order valence-corrected chi connectivity index (χ1v) is 5.43. The lowest BCUT2D eigenvalue weighted by molar-refractivity contribution is -0.207. The predicted molar refractivity (Wildman–Crippen MR) is 57.6 cm³/mol. The first-order valence-electron chi connectivity index (χ1n) is 5.43. The molecule has 0 radical (unpaired) electrons. The Morgan fingerprint density at radius 3 is 2.24 bits per heavy atom. The van der Waals surface area contributed by atoms with Gasteiger partial charge >= 0.3 is 6.18 Å². The van der Waals surface area contributed by atoms with Crippen LogP contribution < -0.4 is 0 Å². The molecule has 0 spiro atoms. The van der Waals surface area contributed by atoms with Crippen LogP contribution in [0.2, 0.25) is 0 Å². The SMILES string of the molecule is Cc1nn(CC(C)C)c(C)c1C(O)C(F)(F)F. The number of aromatic nitrogens is 2. The maximum atomic E-state index is 12.5. The van der Waals surface area contributed by atoms with Gasteiger partial charge in [-0.15, -0.1) is 0 Å². The molecule has 0 saturated carbocycles. The summed E-state index contributed by atoms with van der Waals surface area (Å²) in [6, 6.07) is 0. The summed E-state index contributed by atoms with van der Waals surface area (Å²) < 4.78 is 39.0. The molecule has 0 bridgehead atoms. The average Bonchev–Trinajstić information content (AvgIpc) is 2.38. The largest absolute Gasteiger partial charge is 0.418 e. The van der Waals surface area contributed by atoms with Crippen molar-refractivity contribution in [2.24, 2.45) is 5.92 Å². The number of alkyl halides is 3. The molecule has 0 aromatic carbocycles. The molecule has 0 fully saturated rings. The zero-order valence-corrected chi connectivity index (χ0v) is 10.3. The molecule has 1 aromatic heterocycles. The minimum atomic E-state index is -4.65. The smallest absolute Gasteiger partial charge is 0.379 e. The summed E-state index contributed by atoms with van der Waals surface area (Å²) in [5, 5.41) is 13.3. The van der Waals surface area contributed by atoms with Gasteiger partial charge in [-0.1, -0.05) is 13.8 Å². The fourth-order valence-corrected chi connectivity index (χ4v) is 1.79. The Morgan fingerprint density at radius 1 is 1.29 bits per heavy atom. The van der Waals surface area contributed by atoms with E-state index in [1.54, 1.807) is 6.92 Å². The van der Waals surface area contributed by atoms with Crippen LogP contribution in [0, 0.1) is 19.8 Å². The van der Waals surface area contributed by atoms with Crippen molar-refractivity contribution in [1.82, 2.24) is 9.78 Å². The highest BCUT2D eigenvalue weighted by Crippen LogP contribution is 2.35. The molecule has 1 heterocycles. The molecule has 0 aliphatic rings. The van der Waals surface area contributed by atoms with Crippen LogP contribution in [0.25, 0.3) is 0 Å². The van der Waals surface area contributed by atoms with E-state index in [0.29, 0.717) is 12.2 Å². The van der Waals surface area contributed by atoms with E-state index in [1.165, 1.54) is 11.6 Å². The number of hydrogen-bond acceptors (Lipinski definition) is 2. The Hall–Kier alpha value is -1.04. The minimum Gasteiger partial charge on any atom is -0.379 e. The zero-order valence-electron chi connectivity index (χ0n) is 10.3. The van der Waals surface area contributed by atoms with Gasteiger partial charge in [-0.2, -0.15) is 18.3 Å². The Morgan fingerprint density at radius 2 is 1.82 bits per heavy atom. The highest BCUT2D eigenvalue weighted by atomic mass is 19.4. The van der Waals surface area contributed by atoms with Gasteiger partial charge in [0.05, 0.1) is 5.69 Å². The number of aryl methyl sites for hydroxylation is 1. The number of rotatable bonds is 3. The van der Waals surface area contributed by atoms with Crippen molar-refractivity contribution < 1.29 is 18.3 Å². The Labute approximate surface area is 98.2 Å². The molecular formula is C11H17F3N2O. The lowest BCUT2D eigenvalue weighted by atomic mass is 10.1. The Kier molecular flexibility index (Phi) is 3.86. The minimum absolute atomic E-state index is 0.127. The first kappa shape index (κ1) is 14.0. The zero-order chi connectivity index (χ0) is 13.4. The van der Waals surface area contributed by atoms with Gasteiger partial charge in [-0.05, 0) is 19.8 Å². The summed E-state index contributed by atoms with van der Waals surface area (Å²) in [4.78, 5) is 0. The standard InChI is InChI=1S/C11H17F3N2O/c1-6(2)5-16-8(4)9(7(3)15-16)10(17)11(12,13)14/h6,10,17H,5H2,1-4H3. The van der Waals surface area contributed by atoms with Crippen molar-refractivity contribution in [2.75, 3.05) is 0 Å². The summed E-state index contributed by atoms with van der Waals surface area (Å²) in [5.74, 6) is 0.281. The monoisotopic (exact) mass is 250 g/mol. The highest BCUT2D eigenvalue weighted by Gasteiger charge is 2.42. The van der Waals surface area contributed by atoms with Crippen LogP contribution in [0.4, 0.5) is 13.2 Å². The second kappa shape index (κ2) is 4.68. The maximum absolute atomic E-state index is 12.5. The topological polar surface area (TPSA) is 38.0 Å². The van der Waals surface area contributed by atoms with E-state index in [-0.39, 0.29) is 17.2 Å².